The molecule has 1 nitrogen and oxygen atoms in total. The number of nitrogens with two attached hydrogens (primary N) is 1. The maximum atomic E-state index is 13.2. The minimum absolute atomic E-state index is 0.220. The van der Waals surface area contributed by atoms with Gasteiger partial charge in [-0.25, -0.2) is 8.78 Å². The van der Waals surface area contributed by atoms with E-state index in [1.54, 1.807) is 12.1 Å². The van der Waals surface area contributed by atoms with Gasteiger partial charge in [-0.1, -0.05) is 38.1 Å². The van der Waals surface area contributed by atoms with Crippen molar-refractivity contribution in [2.24, 2.45) is 5.73 Å². The Morgan fingerprint density at radius 3 is 2.27 bits per heavy atom. The molecule has 0 aromatic heterocycles. The molecule has 0 heterocycles. The fourth-order valence-corrected chi connectivity index (χ4v) is 2.00. The maximum Gasteiger partial charge on any atom is 0.272 e. The van der Waals surface area contributed by atoms with Crippen molar-refractivity contribution in [3.05, 3.63) is 35.4 Å². The molecule has 1 aliphatic rings. The highest BCUT2D eigenvalue weighted by atomic mass is 19.3. The smallest absolute Gasteiger partial charge is 0.272 e. The Labute approximate surface area is 88.3 Å². The molecule has 1 saturated carbocycles. The molecule has 0 aliphatic heterocycles. The second-order valence-electron chi connectivity index (χ2n) is 4.59. The van der Waals surface area contributed by atoms with Crippen LogP contribution in [0.1, 0.15) is 37.3 Å². The molecule has 3 heteroatoms. The third-order valence-electron chi connectivity index (χ3n) is 3.09. The summed E-state index contributed by atoms with van der Waals surface area (Å²) in [5.41, 5.74) is 5.84. The second kappa shape index (κ2) is 3.01. The van der Waals surface area contributed by atoms with E-state index in [0.717, 1.165) is 5.56 Å². The average Bonchev–Trinajstić information content (AvgIpc) is 2.67. The van der Waals surface area contributed by atoms with E-state index in [1.807, 2.05) is 26.0 Å². The number of halogens is 2. The third-order valence-corrected chi connectivity index (χ3v) is 3.09. The standard InChI is InChI=1S/C12H15F2N/c1-8(2)9-5-3-4-6-10(9)11(15)7-12(11,13)14/h3-6,8H,7,15H2,1-2H3. The van der Waals surface area contributed by atoms with Gasteiger partial charge < -0.3 is 5.73 Å². The molecule has 1 unspecified atom stereocenters. The predicted octanol–water partition coefficient (Wildman–Crippen LogP) is 3.00. The lowest BCUT2D eigenvalue weighted by atomic mass is 9.91. The fourth-order valence-electron chi connectivity index (χ4n) is 2.00. The normalized spacial score (nSPS) is 28.1. The topological polar surface area (TPSA) is 26.0 Å². The van der Waals surface area contributed by atoms with Crippen molar-refractivity contribution in [3.8, 4) is 0 Å². The van der Waals surface area contributed by atoms with Crippen molar-refractivity contribution in [2.75, 3.05) is 0 Å². The monoisotopic (exact) mass is 211 g/mol. The summed E-state index contributed by atoms with van der Waals surface area (Å²) in [5.74, 6) is -2.52. The summed E-state index contributed by atoms with van der Waals surface area (Å²) in [7, 11) is 0. The summed E-state index contributed by atoms with van der Waals surface area (Å²) in [4.78, 5) is 0. The van der Waals surface area contributed by atoms with E-state index in [-0.39, 0.29) is 12.3 Å². The van der Waals surface area contributed by atoms with Crippen molar-refractivity contribution in [1.82, 2.24) is 0 Å². The summed E-state index contributed by atoms with van der Waals surface area (Å²) >= 11 is 0. The van der Waals surface area contributed by atoms with E-state index in [0.29, 0.717) is 5.56 Å². The molecule has 1 aromatic carbocycles. The molecule has 0 bridgehead atoms. The van der Waals surface area contributed by atoms with E-state index in [9.17, 15) is 8.78 Å². The Morgan fingerprint density at radius 1 is 1.27 bits per heavy atom. The molecule has 2 rings (SSSR count). The zero-order valence-electron chi connectivity index (χ0n) is 8.93. The molecule has 1 aliphatic carbocycles. The number of benzene rings is 1. The molecule has 82 valence electrons. The van der Waals surface area contributed by atoms with Crippen LogP contribution in [0.3, 0.4) is 0 Å². The lowest BCUT2D eigenvalue weighted by Crippen LogP contribution is -2.28. The second-order valence-corrected chi connectivity index (χ2v) is 4.59. The van der Waals surface area contributed by atoms with Crippen LogP contribution < -0.4 is 5.73 Å². The molecule has 1 fully saturated rings. The lowest BCUT2D eigenvalue weighted by Gasteiger charge is -2.18. The Bertz CT molecular complexity index is 387. The van der Waals surface area contributed by atoms with E-state index in [4.69, 9.17) is 5.73 Å². The van der Waals surface area contributed by atoms with Crippen molar-refractivity contribution < 1.29 is 8.78 Å². The molecule has 2 N–H and O–H groups in total. The van der Waals surface area contributed by atoms with E-state index in [1.165, 1.54) is 0 Å². The Morgan fingerprint density at radius 2 is 1.80 bits per heavy atom. The van der Waals surface area contributed by atoms with Crippen LogP contribution in [0.4, 0.5) is 8.78 Å². The molecule has 0 spiro atoms. The van der Waals surface area contributed by atoms with E-state index < -0.39 is 11.5 Å². The Kier molecular flexibility index (Phi) is 2.12. The lowest BCUT2D eigenvalue weighted by molar-refractivity contribution is 0.0888. The first kappa shape index (κ1) is 10.6. The summed E-state index contributed by atoms with van der Waals surface area (Å²) < 4.78 is 26.4. The Balaban J connectivity index is 2.46. The largest absolute Gasteiger partial charge is 0.316 e. The molecule has 0 radical (unpaired) electrons. The van der Waals surface area contributed by atoms with Gasteiger partial charge in [0.2, 0.25) is 0 Å². The van der Waals surface area contributed by atoms with Crippen molar-refractivity contribution in [1.29, 1.82) is 0 Å². The highest BCUT2D eigenvalue weighted by Crippen LogP contribution is 2.58. The maximum absolute atomic E-state index is 13.2. The van der Waals surface area contributed by atoms with Crippen molar-refractivity contribution in [2.45, 2.75) is 37.6 Å². The van der Waals surface area contributed by atoms with Crippen LogP contribution in [0.2, 0.25) is 0 Å². The third kappa shape index (κ3) is 1.46. The van der Waals surface area contributed by atoms with Crippen LogP contribution in [0, 0.1) is 0 Å². The number of hydrogen-bond acceptors (Lipinski definition) is 1. The van der Waals surface area contributed by atoms with Crippen LogP contribution in [0.25, 0.3) is 0 Å². The fraction of sp³-hybridized carbons (Fsp3) is 0.500. The predicted molar refractivity (Wildman–Crippen MR) is 56.0 cm³/mol. The van der Waals surface area contributed by atoms with Crippen LogP contribution in [0.5, 0.6) is 0 Å². The Hall–Kier alpha value is -0.960. The summed E-state index contributed by atoms with van der Waals surface area (Å²) in [6.07, 6.45) is -0.232. The SMILES string of the molecule is CC(C)c1ccccc1C1(N)CC1(F)F. The van der Waals surface area contributed by atoms with Gasteiger partial charge in [0, 0.05) is 6.42 Å². The van der Waals surface area contributed by atoms with Gasteiger partial charge in [-0.05, 0) is 17.0 Å². The minimum Gasteiger partial charge on any atom is -0.316 e. The van der Waals surface area contributed by atoms with E-state index >= 15 is 0 Å². The molecule has 1 atom stereocenters. The molecule has 0 amide bonds. The van der Waals surface area contributed by atoms with Gasteiger partial charge in [0.25, 0.3) is 5.92 Å². The van der Waals surface area contributed by atoms with Crippen LogP contribution in [-0.4, -0.2) is 5.92 Å². The van der Waals surface area contributed by atoms with E-state index in [2.05, 4.69) is 0 Å². The summed E-state index contributed by atoms with van der Waals surface area (Å²) in [6.45, 7) is 3.98. The van der Waals surface area contributed by atoms with Gasteiger partial charge in [0.15, 0.2) is 0 Å². The van der Waals surface area contributed by atoms with Gasteiger partial charge >= 0.3 is 0 Å². The first-order chi connectivity index (χ1) is 6.88. The van der Waals surface area contributed by atoms with Gasteiger partial charge in [0.05, 0.1) is 0 Å². The number of rotatable bonds is 2. The van der Waals surface area contributed by atoms with Crippen LogP contribution >= 0.6 is 0 Å². The van der Waals surface area contributed by atoms with Crippen LogP contribution in [0.15, 0.2) is 24.3 Å². The van der Waals surface area contributed by atoms with Gasteiger partial charge in [0.1, 0.15) is 5.54 Å². The number of hydrogen-bond donors (Lipinski definition) is 1. The molecule has 15 heavy (non-hydrogen) atoms. The molecular weight excluding hydrogens is 196 g/mol. The highest BCUT2D eigenvalue weighted by molar-refractivity contribution is 5.43. The number of alkyl halides is 2. The van der Waals surface area contributed by atoms with Gasteiger partial charge in [-0.2, -0.15) is 0 Å². The first-order valence-corrected chi connectivity index (χ1v) is 5.14. The first-order valence-electron chi connectivity index (χ1n) is 5.14. The van der Waals surface area contributed by atoms with Gasteiger partial charge in [-0.3, -0.25) is 0 Å². The molecule has 1 aromatic rings. The van der Waals surface area contributed by atoms with Crippen molar-refractivity contribution in [3.63, 3.8) is 0 Å². The summed E-state index contributed by atoms with van der Waals surface area (Å²) in [5, 5.41) is 0. The average molecular weight is 211 g/mol. The quantitative estimate of drug-likeness (QED) is 0.799. The van der Waals surface area contributed by atoms with Crippen LogP contribution in [-0.2, 0) is 5.54 Å². The minimum atomic E-state index is -2.74. The van der Waals surface area contributed by atoms with Crippen molar-refractivity contribution >= 4 is 0 Å². The molecule has 0 saturated heterocycles. The zero-order chi connectivity index (χ0) is 11.3. The summed E-state index contributed by atoms with van der Waals surface area (Å²) in [6, 6.07) is 7.23. The molecular formula is C12H15F2N. The zero-order valence-corrected chi connectivity index (χ0v) is 8.93. The van der Waals surface area contributed by atoms with Gasteiger partial charge in [-0.15, -0.1) is 0 Å². The highest BCUT2D eigenvalue weighted by Gasteiger charge is 2.70.